The van der Waals surface area contributed by atoms with Crippen LogP contribution in [0.4, 0.5) is 10.7 Å². The molecule has 4 amide bonds. The molecule has 0 radical (unpaired) electrons. The fourth-order valence-corrected chi connectivity index (χ4v) is 4.56. The summed E-state index contributed by atoms with van der Waals surface area (Å²) in [5, 5.41) is 13.1. The normalized spacial score (nSPS) is 20.7. The van der Waals surface area contributed by atoms with E-state index >= 15 is 0 Å². The highest BCUT2D eigenvalue weighted by atomic mass is 35.5. The first-order valence-electron chi connectivity index (χ1n) is 10.4. The van der Waals surface area contributed by atoms with Crippen LogP contribution in [0.25, 0.3) is 5.69 Å². The summed E-state index contributed by atoms with van der Waals surface area (Å²) < 4.78 is 1.87. The van der Waals surface area contributed by atoms with Crippen molar-refractivity contribution >= 4 is 47.2 Å². The number of thioether (sulfide) groups is 1. The van der Waals surface area contributed by atoms with Crippen LogP contribution in [0.15, 0.2) is 29.4 Å². The van der Waals surface area contributed by atoms with Gasteiger partial charge in [-0.05, 0) is 44.4 Å². The Balaban J connectivity index is 1.50. The van der Waals surface area contributed by atoms with Crippen molar-refractivity contribution in [2.24, 2.45) is 0 Å². The topological polar surface area (TPSA) is 112 Å². The van der Waals surface area contributed by atoms with Crippen LogP contribution in [0.5, 0.6) is 0 Å². The number of amides is 4. The predicted molar refractivity (Wildman–Crippen MR) is 121 cm³/mol. The van der Waals surface area contributed by atoms with Crippen molar-refractivity contribution in [2.45, 2.75) is 43.8 Å². The van der Waals surface area contributed by atoms with E-state index in [2.05, 4.69) is 25.8 Å². The van der Waals surface area contributed by atoms with Crippen molar-refractivity contribution in [1.82, 2.24) is 30.5 Å². The number of rotatable bonds is 7. The van der Waals surface area contributed by atoms with Crippen LogP contribution in [0, 0.1) is 0 Å². The molecule has 0 aliphatic carbocycles. The van der Waals surface area contributed by atoms with Gasteiger partial charge in [0.05, 0.1) is 11.4 Å². The third-order valence-electron chi connectivity index (χ3n) is 5.61. The molecule has 2 aliphatic heterocycles. The average Bonchev–Trinajstić information content (AvgIpc) is 3.48. The zero-order chi connectivity index (χ0) is 22.9. The molecule has 170 valence electrons. The van der Waals surface area contributed by atoms with Gasteiger partial charge >= 0.3 is 6.03 Å². The van der Waals surface area contributed by atoms with Crippen LogP contribution < -0.4 is 15.6 Å². The molecule has 0 spiro atoms. The van der Waals surface area contributed by atoms with Crippen molar-refractivity contribution in [3.8, 4) is 5.69 Å². The molecule has 1 unspecified atom stereocenters. The molecule has 4 rings (SSSR count). The standard InChI is InChI=1S/C20H24ClN7O3S/c1-3-20(2)16(30)28(18(31)22-20)25-15(29)12-32-19-24-23-17(26-9-4-5-10-26)27(19)14-8-6-7-13(21)11-14/h6-8,11H,3-5,9-10,12H2,1-2H3,(H,22,31)(H,25,29). The first-order valence-corrected chi connectivity index (χ1v) is 11.7. The number of benzene rings is 1. The maximum absolute atomic E-state index is 12.5. The number of nitrogens with zero attached hydrogens (tertiary/aromatic N) is 5. The van der Waals surface area contributed by atoms with Gasteiger partial charge in [0.1, 0.15) is 5.54 Å². The largest absolute Gasteiger partial charge is 0.344 e. The van der Waals surface area contributed by atoms with E-state index < -0.39 is 23.4 Å². The van der Waals surface area contributed by atoms with Crippen LogP contribution in [0.1, 0.15) is 33.1 Å². The van der Waals surface area contributed by atoms with Gasteiger partial charge in [-0.1, -0.05) is 36.4 Å². The van der Waals surface area contributed by atoms with Crippen LogP contribution in [-0.4, -0.2) is 62.0 Å². The fourth-order valence-electron chi connectivity index (χ4n) is 3.63. The lowest BCUT2D eigenvalue weighted by Gasteiger charge is -2.19. The predicted octanol–water partition coefficient (Wildman–Crippen LogP) is 2.36. The first-order chi connectivity index (χ1) is 15.3. The number of carbonyl (C=O) groups excluding carboxylic acids is 3. The lowest BCUT2D eigenvalue weighted by Crippen LogP contribution is -2.49. The van der Waals surface area contributed by atoms with Crippen molar-refractivity contribution in [1.29, 1.82) is 0 Å². The van der Waals surface area contributed by atoms with Gasteiger partial charge in [-0.15, -0.1) is 10.2 Å². The number of imide groups is 1. The number of aromatic nitrogens is 3. The van der Waals surface area contributed by atoms with Crippen molar-refractivity contribution in [3.63, 3.8) is 0 Å². The smallest absolute Gasteiger partial charge is 0.341 e. The Labute approximate surface area is 194 Å². The van der Waals surface area contributed by atoms with Gasteiger partial charge in [0.2, 0.25) is 11.9 Å². The van der Waals surface area contributed by atoms with Gasteiger partial charge in [0, 0.05) is 18.1 Å². The van der Waals surface area contributed by atoms with E-state index in [9.17, 15) is 14.4 Å². The zero-order valence-electron chi connectivity index (χ0n) is 17.8. The second kappa shape index (κ2) is 8.99. The van der Waals surface area contributed by atoms with Crippen molar-refractivity contribution in [3.05, 3.63) is 29.3 Å². The molecule has 12 heteroatoms. The molecule has 1 aromatic carbocycles. The first kappa shape index (κ1) is 22.4. The minimum absolute atomic E-state index is 0.0569. The molecule has 10 nitrogen and oxygen atoms in total. The number of urea groups is 1. The third kappa shape index (κ3) is 4.26. The highest BCUT2D eigenvalue weighted by Gasteiger charge is 2.47. The summed E-state index contributed by atoms with van der Waals surface area (Å²) in [5.74, 6) is -0.344. The lowest BCUT2D eigenvalue weighted by atomic mass is 10.00. The fraction of sp³-hybridized carbons (Fsp3) is 0.450. The Morgan fingerprint density at radius 1 is 1.28 bits per heavy atom. The zero-order valence-corrected chi connectivity index (χ0v) is 19.4. The molecule has 1 aromatic heterocycles. The Bertz CT molecular complexity index is 1060. The van der Waals surface area contributed by atoms with E-state index in [1.807, 2.05) is 22.8 Å². The highest BCUT2D eigenvalue weighted by Crippen LogP contribution is 2.29. The number of hydrogen-bond donors (Lipinski definition) is 2. The van der Waals surface area contributed by atoms with Crippen LogP contribution in [0.3, 0.4) is 0 Å². The van der Waals surface area contributed by atoms with Gasteiger partial charge in [0.15, 0.2) is 5.16 Å². The summed E-state index contributed by atoms with van der Waals surface area (Å²) in [5.41, 5.74) is 2.16. The Morgan fingerprint density at radius 3 is 2.69 bits per heavy atom. The summed E-state index contributed by atoms with van der Waals surface area (Å²) in [6, 6.07) is 6.70. The number of halogens is 1. The maximum atomic E-state index is 12.5. The molecule has 2 saturated heterocycles. The van der Waals surface area contributed by atoms with Crippen molar-refractivity contribution in [2.75, 3.05) is 23.7 Å². The van der Waals surface area contributed by atoms with E-state index in [0.29, 0.717) is 22.5 Å². The Hall–Kier alpha value is -2.79. The maximum Gasteiger partial charge on any atom is 0.344 e. The van der Waals surface area contributed by atoms with Gasteiger partial charge in [-0.3, -0.25) is 19.6 Å². The van der Waals surface area contributed by atoms with Crippen LogP contribution >= 0.6 is 23.4 Å². The van der Waals surface area contributed by atoms with Gasteiger partial charge in [0.25, 0.3) is 5.91 Å². The second-order valence-electron chi connectivity index (χ2n) is 7.87. The molecule has 2 N–H and O–H groups in total. The molecular weight excluding hydrogens is 454 g/mol. The summed E-state index contributed by atoms with van der Waals surface area (Å²) in [6.07, 6.45) is 2.58. The molecule has 3 heterocycles. The van der Waals surface area contributed by atoms with E-state index in [0.717, 1.165) is 48.4 Å². The molecule has 2 aromatic rings. The van der Waals surface area contributed by atoms with Crippen molar-refractivity contribution < 1.29 is 14.4 Å². The highest BCUT2D eigenvalue weighted by molar-refractivity contribution is 7.99. The summed E-state index contributed by atoms with van der Waals surface area (Å²) in [4.78, 5) is 39.3. The Morgan fingerprint density at radius 2 is 2.03 bits per heavy atom. The summed E-state index contributed by atoms with van der Waals surface area (Å²) >= 11 is 7.36. The molecule has 0 bridgehead atoms. The SMILES string of the molecule is CCC1(C)NC(=O)N(NC(=O)CSc2nnc(N3CCCC3)n2-c2cccc(Cl)c2)C1=O. The second-order valence-corrected chi connectivity index (χ2v) is 9.25. The number of carbonyl (C=O) groups is 3. The third-order valence-corrected chi connectivity index (χ3v) is 6.77. The number of nitrogens with one attached hydrogen (secondary N) is 2. The van der Waals surface area contributed by atoms with E-state index in [1.165, 1.54) is 0 Å². The van der Waals surface area contributed by atoms with Gasteiger partial charge in [-0.2, -0.15) is 5.01 Å². The number of hydrogen-bond acceptors (Lipinski definition) is 7. The lowest BCUT2D eigenvalue weighted by molar-refractivity contribution is -0.137. The monoisotopic (exact) mass is 477 g/mol. The number of anilines is 1. The van der Waals surface area contributed by atoms with Gasteiger partial charge < -0.3 is 10.2 Å². The quantitative estimate of drug-likeness (QED) is 0.465. The Kier molecular flexibility index (Phi) is 6.29. The molecule has 1 atom stereocenters. The van der Waals surface area contributed by atoms with Gasteiger partial charge in [-0.25, -0.2) is 4.79 Å². The van der Waals surface area contributed by atoms with E-state index in [1.54, 1.807) is 19.9 Å². The average molecular weight is 478 g/mol. The molecular formula is C20H24ClN7O3S. The summed E-state index contributed by atoms with van der Waals surface area (Å²) in [7, 11) is 0. The van der Waals surface area contributed by atoms with Crippen LogP contribution in [0.2, 0.25) is 5.02 Å². The summed E-state index contributed by atoms with van der Waals surface area (Å²) in [6.45, 7) is 5.18. The minimum Gasteiger partial charge on any atom is -0.341 e. The van der Waals surface area contributed by atoms with Crippen LogP contribution in [-0.2, 0) is 9.59 Å². The minimum atomic E-state index is -1.02. The molecule has 2 fully saturated rings. The molecule has 32 heavy (non-hydrogen) atoms. The number of hydrazine groups is 1. The molecule has 2 aliphatic rings. The van der Waals surface area contributed by atoms with E-state index in [4.69, 9.17) is 11.6 Å². The van der Waals surface area contributed by atoms with E-state index in [-0.39, 0.29) is 5.75 Å². The molecule has 0 saturated carbocycles.